The molecule has 0 aromatic carbocycles. The van der Waals surface area contributed by atoms with Crippen molar-refractivity contribution in [3.8, 4) is 0 Å². The molecule has 1 aliphatic heterocycles. The van der Waals surface area contributed by atoms with Crippen LogP contribution in [0.2, 0.25) is 0 Å². The van der Waals surface area contributed by atoms with Crippen molar-refractivity contribution >= 4 is 11.7 Å². The monoisotopic (exact) mass is 317 g/mol. The number of rotatable bonds is 2. The number of hydrogen-bond donors (Lipinski definition) is 1. The van der Waals surface area contributed by atoms with E-state index in [0.29, 0.717) is 25.3 Å². The lowest BCUT2D eigenvalue weighted by Crippen LogP contribution is -2.38. The summed E-state index contributed by atoms with van der Waals surface area (Å²) >= 11 is 0. The fraction of sp³-hybridized carbons (Fsp3) is 0.562. The quantitative estimate of drug-likeness (QED) is 0.909. The molecule has 2 N–H and O–H groups in total. The fourth-order valence-corrected chi connectivity index (χ4v) is 2.65. The Bertz CT molecular complexity index is 738. The highest BCUT2D eigenvalue weighted by molar-refractivity contribution is 5.76. The van der Waals surface area contributed by atoms with E-state index < -0.39 is 0 Å². The molecular formula is C16H23N5O2. The molecule has 0 aliphatic carbocycles. The van der Waals surface area contributed by atoms with Crippen molar-refractivity contribution in [3.05, 3.63) is 29.1 Å². The molecule has 7 heteroatoms. The number of fused-ring (bicyclic) bond motifs is 1. The number of carbonyl (C=O) groups is 1. The van der Waals surface area contributed by atoms with Crippen LogP contribution >= 0.6 is 0 Å². The van der Waals surface area contributed by atoms with Gasteiger partial charge in [-0.2, -0.15) is 5.10 Å². The summed E-state index contributed by atoms with van der Waals surface area (Å²) in [5.74, 6) is 2.12. The maximum atomic E-state index is 12.5. The summed E-state index contributed by atoms with van der Waals surface area (Å²) in [7, 11) is 0. The van der Waals surface area contributed by atoms with Crippen molar-refractivity contribution in [3.63, 3.8) is 0 Å². The Morgan fingerprint density at radius 1 is 1.43 bits per heavy atom. The van der Waals surface area contributed by atoms with Gasteiger partial charge in [-0.15, -0.1) is 0 Å². The zero-order valence-corrected chi connectivity index (χ0v) is 14.1. The normalized spacial score (nSPS) is 14.9. The average Bonchev–Trinajstić information content (AvgIpc) is 3.01. The van der Waals surface area contributed by atoms with Crippen LogP contribution in [-0.4, -0.2) is 32.1 Å². The van der Waals surface area contributed by atoms with Crippen LogP contribution in [-0.2, 0) is 29.7 Å². The average molecular weight is 317 g/mol. The third-order valence-electron chi connectivity index (χ3n) is 3.94. The minimum atomic E-state index is -0.132. The fourth-order valence-electron chi connectivity index (χ4n) is 2.65. The number of nitrogens with two attached hydrogens (primary N) is 1. The zero-order chi connectivity index (χ0) is 16.8. The molecular weight excluding hydrogens is 294 g/mol. The van der Waals surface area contributed by atoms with Gasteiger partial charge in [-0.05, 0) is 6.92 Å². The standard InChI is InChI=1S/C16H23N5O2/c1-10-7-13(17)21(19-10)9-14(22)20-6-5-12-11(8-20)18-15(23-12)16(2,3)4/h7H,5-6,8-9,17H2,1-4H3. The summed E-state index contributed by atoms with van der Waals surface area (Å²) in [6.07, 6.45) is 0.692. The smallest absolute Gasteiger partial charge is 0.244 e. The summed E-state index contributed by atoms with van der Waals surface area (Å²) < 4.78 is 7.39. The SMILES string of the molecule is Cc1cc(N)n(CC(=O)N2CCc3oc(C(C)(C)C)nc3C2)n1. The predicted octanol–water partition coefficient (Wildman–Crippen LogP) is 1.64. The Morgan fingerprint density at radius 2 is 2.17 bits per heavy atom. The third kappa shape index (κ3) is 3.09. The van der Waals surface area contributed by atoms with E-state index in [1.165, 1.54) is 4.68 Å². The summed E-state index contributed by atoms with van der Waals surface area (Å²) in [6.45, 7) is 9.31. The molecule has 3 heterocycles. The Morgan fingerprint density at radius 3 is 2.78 bits per heavy atom. The van der Waals surface area contributed by atoms with Gasteiger partial charge in [-0.1, -0.05) is 20.8 Å². The van der Waals surface area contributed by atoms with Gasteiger partial charge in [0.15, 0.2) is 5.89 Å². The molecule has 0 radical (unpaired) electrons. The highest BCUT2D eigenvalue weighted by Crippen LogP contribution is 2.27. The number of aryl methyl sites for hydroxylation is 1. The zero-order valence-electron chi connectivity index (χ0n) is 14.1. The molecule has 0 saturated carbocycles. The van der Waals surface area contributed by atoms with Crippen LogP contribution in [0, 0.1) is 6.92 Å². The van der Waals surface area contributed by atoms with Gasteiger partial charge < -0.3 is 15.1 Å². The second kappa shape index (κ2) is 5.40. The lowest BCUT2D eigenvalue weighted by Gasteiger charge is -2.25. The molecule has 2 aromatic heterocycles. The highest BCUT2D eigenvalue weighted by Gasteiger charge is 2.29. The van der Waals surface area contributed by atoms with Gasteiger partial charge in [0.05, 0.1) is 12.2 Å². The molecule has 0 fully saturated rings. The Balaban J connectivity index is 1.72. The lowest BCUT2D eigenvalue weighted by molar-refractivity contribution is -0.133. The van der Waals surface area contributed by atoms with Crippen LogP contribution in [0.25, 0.3) is 0 Å². The predicted molar refractivity (Wildman–Crippen MR) is 85.7 cm³/mol. The number of nitrogen functional groups attached to an aromatic ring is 1. The second-order valence-corrected chi connectivity index (χ2v) is 7.07. The molecule has 0 saturated heterocycles. The molecule has 124 valence electrons. The van der Waals surface area contributed by atoms with Gasteiger partial charge in [0, 0.05) is 24.4 Å². The summed E-state index contributed by atoms with van der Waals surface area (Å²) in [5, 5.41) is 4.24. The van der Waals surface area contributed by atoms with E-state index in [1.807, 2.05) is 6.92 Å². The first-order chi connectivity index (χ1) is 10.7. The van der Waals surface area contributed by atoms with Gasteiger partial charge in [0.25, 0.3) is 0 Å². The van der Waals surface area contributed by atoms with Crippen molar-refractivity contribution < 1.29 is 9.21 Å². The van der Waals surface area contributed by atoms with E-state index in [1.54, 1.807) is 11.0 Å². The number of amides is 1. The topological polar surface area (TPSA) is 90.2 Å². The van der Waals surface area contributed by atoms with Crippen molar-refractivity contribution in [2.75, 3.05) is 12.3 Å². The molecule has 0 spiro atoms. The van der Waals surface area contributed by atoms with Crippen LogP contribution in [0.5, 0.6) is 0 Å². The molecule has 0 atom stereocenters. The minimum absolute atomic E-state index is 0.00856. The summed E-state index contributed by atoms with van der Waals surface area (Å²) in [5.41, 5.74) is 7.39. The third-order valence-corrected chi connectivity index (χ3v) is 3.94. The van der Waals surface area contributed by atoms with Gasteiger partial charge in [0.2, 0.25) is 5.91 Å². The first-order valence-electron chi connectivity index (χ1n) is 7.81. The number of nitrogens with zero attached hydrogens (tertiary/aromatic N) is 4. The van der Waals surface area contributed by atoms with E-state index in [-0.39, 0.29) is 17.9 Å². The molecule has 0 unspecified atom stereocenters. The number of oxazole rings is 1. The number of hydrogen-bond acceptors (Lipinski definition) is 5. The minimum Gasteiger partial charge on any atom is -0.445 e. The van der Waals surface area contributed by atoms with Gasteiger partial charge in [-0.25, -0.2) is 9.67 Å². The molecule has 3 rings (SSSR count). The number of aromatic nitrogens is 3. The van der Waals surface area contributed by atoms with Gasteiger partial charge in [-0.3, -0.25) is 4.79 Å². The van der Waals surface area contributed by atoms with Crippen molar-refractivity contribution in [2.45, 2.75) is 52.6 Å². The highest BCUT2D eigenvalue weighted by atomic mass is 16.4. The van der Waals surface area contributed by atoms with Crippen molar-refractivity contribution in [1.82, 2.24) is 19.7 Å². The molecule has 0 bridgehead atoms. The first kappa shape index (κ1) is 15.6. The van der Waals surface area contributed by atoms with Gasteiger partial charge in [0.1, 0.15) is 23.8 Å². The number of carbonyl (C=O) groups excluding carboxylic acids is 1. The van der Waals surface area contributed by atoms with Crippen molar-refractivity contribution in [1.29, 1.82) is 0 Å². The first-order valence-corrected chi connectivity index (χ1v) is 7.81. The van der Waals surface area contributed by atoms with E-state index in [2.05, 4.69) is 30.9 Å². The van der Waals surface area contributed by atoms with Crippen LogP contribution in [0.3, 0.4) is 0 Å². The number of anilines is 1. The largest absolute Gasteiger partial charge is 0.445 e. The summed E-state index contributed by atoms with van der Waals surface area (Å²) in [4.78, 5) is 18.9. The van der Waals surface area contributed by atoms with Gasteiger partial charge >= 0.3 is 0 Å². The Hall–Kier alpha value is -2.31. The molecule has 1 amide bonds. The van der Waals surface area contributed by atoms with E-state index in [0.717, 1.165) is 23.0 Å². The molecule has 23 heavy (non-hydrogen) atoms. The molecule has 2 aromatic rings. The second-order valence-electron chi connectivity index (χ2n) is 7.07. The molecule has 1 aliphatic rings. The van der Waals surface area contributed by atoms with Crippen LogP contribution in [0.15, 0.2) is 10.5 Å². The van der Waals surface area contributed by atoms with Crippen LogP contribution in [0.1, 0.15) is 43.8 Å². The lowest BCUT2D eigenvalue weighted by atomic mass is 9.97. The van der Waals surface area contributed by atoms with Crippen molar-refractivity contribution in [2.24, 2.45) is 0 Å². The Labute approximate surface area is 135 Å². The van der Waals surface area contributed by atoms with E-state index in [4.69, 9.17) is 10.2 Å². The Kier molecular flexibility index (Phi) is 3.66. The van der Waals surface area contributed by atoms with E-state index >= 15 is 0 Å². The van der Waals surface area contributed by atoms with Crippen LogP contribution in [0.4, 0.5) is 5.82 Å². The maximum Gasteiger partial charge on any atom is 0.244 e. The maximum absolute atomic E-state index is 12.5. The molecule has 7 nitrogen and oxygen atoms in total. The van der Waals surface area contributed by atoms with E-state index in [9.17, 15) is 4.79 Å². The van der Waals surface area contributed by atoms with Crippen LogP contribution < -0.4 is 5.73 Å². The summed E-state index contributed by atoms with van der Waals surface area (Å²) in [6, 6.07) is 1.76.